The average molecular weight is 455 g/mol. The molecule has 4 aliphatic rings. The largest absolute Gasteiger partial charge is 0.427 e. The van der Waals surface area contributed by atoms with Crippen LogP contribution in [0.4, 0.5) is 15.3 Å². The lowest BCUT2D eigenvalue weighted by atomic mass is 9.78. The van der Waals surface area contributed by atoms with Gasteiger partial charge in [-0.05, 0) is 55.7 Å². The maximum Gasteiger partial charge on any atom is 0.418 e. The molecule has 0 aromatic heterocycles. The van der Waals surface area contributed by atoms with Crippen LogP contribution in [0, 0.1) is 5.92 Å². The maximum absolute atomic E-state index is 13.4. The van der Waals surface area contributed by atoms with E-state index in [2.05, 4.69) is 10.6 Å². The number of hydrogen-bond acceptors (Lipinski definition) is 5. The Hall–Kier alpha value is -3.10. The third kappa shape index (κ3) is 3.63. The van der Waals surface area contributed by atoms with Crippen LogP contribution in [-0.2, 0) is 26.3 Å². The molecular formula is C24H30N4O5. The van der Waals surface area contributed by atoms with Gasteiger partial charge in [-0.2, -0.15) is 0 Å². The zero-order valence-corrected chi connectivity index (χ0v) is 18.9. The molecule has 1 saturated carbocycles. The van der Waals surface area contributed by atoms with Crippen LogP contribution in [-0.4, -0.2) is 59.9 Å². The highest BCUT2D eigenvalue weighted by atomic mass is 16.6. The minimum absolute atomic E-state index is 0.169. The van der Waals surface area contributed by atoms with E-state index in [-0.39, 0.29) is 24.5 Å². The summed E-state index contributed by atoms with van der Waals surface area (Å²) in [6, 6.07) is 5.09. The number of nitrogens with one attached hydrogen (secondary N) is 2. The van der Waals surface area contributed by atoms with Gasteiger partial charge in [0.25, 0.3) is 5.91 Å². The highest BCUT2D eigenvalue weighted by Crippen LogP contribution is 2.46. The molecule has 5 amide bonds. The Morgan fingerprint density at radius 3 is 2.76 bits per heavy atom. The molecular weight excluding hydrogens is 424 g/mol. The summed E-state index contributed by atoms with van der Waals surface area (Å²) in [5.74, 6) is -0.107. The van der Waals surface area contributed by atoms with Crippen molar-refractivity contribution in [2.45, 2.75) is 63.0 Å². The van der Waals surface area contributed by atoms with E-state index in [1.807, 2.05) is 4.90 Å². The Kier molecular flexibility index (Phi) is 5.50. The molecule has 2 aliphatic carbocycles. The van der Waals surface area contributed by atoms with Crippen LogP contribution in [0.15, 0.2) is 18.2 Å². The molecule has 2 N–H and O–H groups in total. The first-order valence-corrected chi connectivity index (χ1v) is 11.9. The van der Waals surface area contributed by atoms with E-state index in [0.717, 1.165) is 42.6 Å². The van der Waals surface area contributed by atoms with Crippen molar-refractivity contribution in [1.82, 2.24) is 15.1 Å². The van der Waals surface area contributed by atoms with Gasteiger partial charge in [-0.15, -0.1) is 0 Å². The first kappa shape index (κ1) is 21.7. The van der Waals surface area contributed by atoms with E-state index in [1.54, 1.807) is 18.2 Å². The Morgan fingerprint density at radius 1 is 1.15 bits per heavy atom. The summed E-state index contributed by atoms with van der Waals surface area (Å²) in [4.78, 5) is 53.9. The number of hydrogen-bond donors (Lipinski definition) is 2. The number of nitrogens with zero attached hydrogens (tertiary/aromatic N) is 2. The number of carbonyl (C=O) groups is 4. The second-order valence-corrected chi connectivity index (χ2v) is 9.50. The number of carbonyl (C=O) groups excluding carboxylic acids is 4. The zero-order valence-electron chi connectivity index (χ0n) is 18.9. The summed E-state index contributed by atoms with van der Waals surface area (Å²) in [5.41, 5.74) is 0.692. The number of benzene rings is 1. The average Bonchev–Trinajstić information content (AvgIpc) is 3.30. The second-order valence-electron chi connectivity index (χ2n) is 9.50. The van der Waals surface area contributed by atoms with Crippen LogP contribution >= 0.6 is 0 Å². The summed E-state index contributed by atoms with van der Waals surface area (Å²) in [7, 11) is 1.53. The highest BCUT2D eigenvalue weighted by molar-refractivity contribution is 6.06. The molecule has 1 aromatic carbocycles. The Bertz CT molecular complexity index is 1010. The van der Waals surface area contributed by atoms with Crippen LogP contribution in [0.2, 0.25) is 0 Å². The summed E-state index contributed by atoms with van der Waals surface area (Å²) in [6.45, 7) is 0.417. The lowest BCUT2D eigenvalue weighted by molar-refractivity contribution is -0.144. The van der Waals surface area contributed by atoms with E-state index in [4.69, 9.17) is 4.74 Å². The predicted octanol–water partition coefficient (Wildman–Crippen LogP) is 2.74. The minimum Gasteiger partial charge on any atom is -0.427 e. The van der Waals surface area contributed by atoms with Gasteiger partial charge in [0.15, 0.2) is 0 Å². The molecule has 2 unspecified atom stereocenters. The van der Waals surface area contributed by atoms with Crippen LogP contribution in [0.3, 0.4) is 0 Å². The SMILES string of the molecule is CNC(=O)Nc1ccc2c(c1)CC[C@@]21OC(=O)N(CC(=O)N2CCCC3CCCCC32)C1=O. The van der Waals surface area contributed by atoms with Crippen molar-refractivity contribution in [3.8, 4) is 0 Å². The van der Waals surface area contributed by atoms with E-state index < -0.39 is 17.6 Å². The number of ether oxygens (including phenoxy) is 1. The number of likely N-dealkylation sites (tertiary alicyclic amines) is 1. The summed E-state index contributed by atoms with van der Waals surface area (Å²) in [5, 5.41) is 5.21. The number of urea groups is 1. The topological polar surface area (TPSA) is 108 Å². The molecule has 33 heavy (non-hydrogen) atoms. The molecule has 176 valence electrons. The van der Waals surface area contributed by atoms with E-state index in [9.17, 15) is 19.2 Å². The third-order valence-corrected chi connectivity index (χ3v) is 7.70. The maximum atomic E-state index is 13.4. The fourth-order valence-corrected chi connectivity index (χ4v) is 6.08. The summed E-state index contributed by atoms with van der Waals surface area (Å²) in [6.07, 6.45) is 6.70. The quantitative estimate of drug-likeness (QED) is 0.730. The molecule has 1 aromatic rings. The van der Waals surface area contributed by atoms with Crippen molar-refractivity contribution < 1.29 is 23.9 Å². The summed E-state index contributed by atoms with van der Waals surface area (Å²) >= 11 is 0. The number of imide groups is 1. The second kappa shape index (κ2) is 8.35. The molecule has 3 fully saturated rings. The van der Waals surface area contributed by atoms with Gasteiger partial charge < -0.3 is 20.3 Å². The Balaban J connectivity index is 1.33. The van der Waals surface area contributed by atoms with Crippen LogP contribution < -0.4 is 10.6 Å². The molecule has 1 spiro atoms. The lowest BCUT2D eigenvalue weighted by Crippen LogP contribution is -2.53. The fourth-order valence-electron chi connectivity index (χ4n) is 6.08. The molecule has 2 heterocycles. The van der Waals surface area contributed by atoms with Crippen LogP contribution in [0.25, 0.3) is 0 Å². The standard InChI is InChI=1S/C24H30N4O5/c1-25-22(31)26-17-8-9-18-16(13-17)10-11-24(18)21(30)28(23(32)33-24)14-20(29)27-12-4-6-15-5-2-3-7-19(15)27/h8-9,13,15,19H,2-7,10-12,14H2,1H3,(H2,25,26,31)/t15?,19?,24-/m1/s1. The smallest absolute Gasteiger partial charge is 0.418 e. The molecule has 5 rings (SSSR count). The van der Waals surface area contributed by atoms with E-state index in [0.29, 0.717) is 36.6 Å². The van der Waals surface area contributed by atoms with Crippen molar-refractivity contribution in [1.29, 1.82) is 0 Å². The molecule has 0 bridgehead atoms. The number of fused-ring (bicyclic) bond motifs is 3. The van der Waals surface area contributed by atoms with Gasteiger partial charge in [0.2, 0.25) is 11.5 Å². The third-order valence-electron chi connectivity index (χ3n) is 7.70. The van der Waals surface area contributed by atoms with Crippen molar-refractivity contribution in [2.75, 3.05) is 25.5 Å². The monoisotopic (exact) mass is 454 g/mol. The highest BCUT2D eigenvalue weighted by Gasteiger charge is 2.58. The molecule has 2 saturated heterocycles. The van der Waals surface area contributed by atoms with Gasteiger partial charge in [-0.25, -0.2) is 14.5 Å². The lowest BCUT2D eigenvalue weighted by Gasteiger charge is -2.44. The van der Waals surface area contributed by atoms with Gasteiger partial charge in [-0.3, -0.25) is 9.59 Å². The number of aryl methyl sites for hydroxylation is 1. The molecule has 3 atom stereocenters. The van der Waals surface area contributed by atoms with E-state index >= 15 is 0 Å². The van der Waals surface area contributed by atoms with Crippen LogP contribution in [0.1, 0.15) is 56.1 Å². The number of piperidine rings is 1. The Morgan fingerprint density at radius 2 is 1.94 bits per heavy atom. The van der Waals surface area contributed by atoms with Crippen molar-refractivity contribution >= 4 is 29.6 Å². The normalized spacial score (nSPS) is 28.4. The van der Waals surface area contributed by atoms with Gasteiger partial charge in [0, 0.05) is 37.3 Å². The number of amides is 5. The first-order valence-electron chi connectivity index (χ1n) is 11.9. The van der Waals surface area contributed by atoms with Gasteiger partial charge >= 0.3 is 12.1 Å². The number of rotatable bonds is 3. The first-order chi connectivity index (χ1) is 15.9. The predicted molar refractivity (Wildman–Crippen MR) is 119 cm³/mol. The van der Waals surface area contributed by atoms with Crippen molar-refractivity contribution in [2.24, 2.45) is 5.92 Å². The van der Waals surface area contributed by atoms with Gasteiger partial charge in [0.05, 0.1) is 0 Å². The fraction of sp³-hybridized carbons (Fsp3) is 0.583. The summed E-state index contributed by atoms with van der Waals surface area (Å²) < 4.78 is 5.67. The Labute approximate surface area is 192 Å². The van der Waals surface area contributed by atoms with Gasteiger partial charge in [0.1, 0.15) is 6.54 Å². The molecule has 9 nitrogen and oxygen atoms in total. The van der Waals surface area contributed by atoms with Crippen LogP contribution in [0.5, 0.6) is 0 Å². The van der Waals surface area contributed by atoms with Crippen molar-refractivity contribution in [3.63, 3.8) is 0 Å². The van der Waals surface area contributed by atoms with E-state index in [1.165, 1.54) is 13.5 Å². The minimum atomic E-state index is -1.38. The van der Waals surface area contributed by atoms with Crippen molar-refractivity contribution in [3.05, 3.63) is 29.3 Å². The number of anilines is 1. The molecule has 9 heteroatoms. The molecule has 0 radical (unpaired) electrons. The van der Waals surface area contributed by atoms with Gasteiger partial charge in [-0.1, -0.05) is 18.9 Å². The molecule has 2 aliphatic heterocycles. The zero-order chi connectivity index (χ0) is 23.2.